The Morgan fingerprint density at radius 1 is 0.923 bits per heavy atom. The molecule has 0 N–H and O–H groups in total. The van der Waals surface area contributed by atoms with Crippen LogP contribution in [-0.2, 0) is 13.0 Å². The number of hydrogen-bond acceptors (Lipinski definition) is 2. The third kappa shape index (κ3) is 3.65. The molecular weight excluding hydrogens is 390 g/mol. The second-order valence-electron chi connectivity index (χ2n) is 6.34. The largest absolute Gasteiger partial charge is 0.457 e. The summed E-state index contributed by atoms with van der Waals surface area (Å²) in [7, 11) is 0. The highest BCUT2D eigenvalue weighted by molar-refractivity contribution is 9.10. The molecule has 1 heterocycles. The number of rotatable bonds is 5. The molecule has 26 heavy (non-hydrogen) atoms. The summed E-state index contributed by atoms with van der Waals surface area (Å²) in [5.74, 6) is 1.76. The van der Waals surface area contributed by atoms with E-state index in [9.17, 15) is 4.79 Å². The Bertz CT molecular complexity index is 923. The average molecular weight is 408 g/mol. The van der Waals surface area contributed by atoms with Crippen molar-refractivity contribution in [2.75, 3.05) is 6.54 Å². The van der Waals surface area contributed by atoms with Crippen molar-refractivity contribution < 1.29 is 9.53 Å². The minimum absolute atomic E-state index is 0.122. The maximum absolute atomic E-state index is 12.5. The fraction of sp³-hybridized carbons (Fsp3) is 0.136. The fourth-order valence-corrected chi connectivity index (χ4v) is 3.55. The van der Waals surface area contributed by atoms with Gasteiger partial charge >= 0.3 is 0 Å². The molecule has 0 aromatic heterocycles. The van der Waals surface area contributed by atoms with Crippen LogP contribution in [0.4, 0.5) is 0 Å². The number of fused-ring (bicyclic) bond motifs is 1. The predicted octanol–water partition coefficient (Wildman–Crippen LogP) is 5.44. The number of hydrogen-bond donors (Lipinski definition) is 0. The highest BCUT2D eigenvalue weighted by atomic mass is 79.9. The molecule has 1 aliphatic rings. The van der Waals surface area contributed by atoms with E-state index < -0.39 is 0 Å². The lowest BCUT2D eigenvalue weighted by molar-refractivity contribution is 0.0780. The molecule has 3 nitrogen and oxygen atoms in total. The number of nitrogens with zero attached hydrogens (tertiary/aromatic N) is 1. The van der Waals surface area contributed by atoms with Gasteiger partial charge in [-0.1, -0.05) is 46.3 Å². The van der Waals surface area contributed by atoms with E-state index in [0.717, 1.165) is 33.5 Å². The van der Waals surface area contributed by atoms with Crippen LogP contribution in [0.2, 0.25) is 0 Å². The highest BCUT2D eigenvalue weighted by Gasteiger charge is 2.26. The third-order valence-corrected chi connectivity index (χ3v) is 5.01. The van der Waals surface area contributed by atoms with Crippen molar-refractivity contribution in [1.29, 1.82) is 0 Å². The SMILES string of the molecule is O=C1c2ccc(Br)cc2CN1CCc1ccc(Oc2ccccc2)cc1. The lowest BCUT2D eigenvalue weighted by Crippen LogP contribution is -2.26. The first-order valence-electron chi connectivity index (χ1n) is 8.58. The Morgan fingerprint density at radius 3 is 2.42 bits per heavy atom. The quantitative estimate of drug-likeness (QED) is 0.563. The van der Waals surface area contributed by atoms with E-state index in [4.69, 9.17) is 4.74 Å². The number of halogens is 1. The van der Waals surface area contributed by atoms with Gasteiger partial charge in [0.2, 0.25) is 0 Å². The standard InChI is InChI=1S/C22H18BrNO2/c23-18-8-11-21-17(14-18)15-24(22(21)25)13-12-16-6-9-20(10-7-16)26-19-4-2-1-3-5-19/h1-11,14H,12-13,15H2. The van der Waals surface area contributed by atoms with Gasteiger partial charge in [0.25, 0.3) is 5.91 Å². The minimum Gasteiger partial charge on any atom is -0.457 e. The van der Waals surface area contributed by atoms with E-state index in [0.29, 0.717) is 13.1 Å². The van der Waals surface area contributed by atoms with Crippen LogP contribution < -0.4 is 4.74 Å². The van der Waals surface area contributed by atoms with Crippen LogP contribution in [0.15, 0.2) is 77.3 Å². The zero-order chi connectivity index (χ0) is 17.9. The number of para-hydroxylation sites is 1. The summed E-state index contributed by atoms with van der Waals surface area (Å²) >= 11 is 3.47. The normalized spacial score (nSPS) is 13.0. The average Bonchev–Trinajstić information content (AvgIpc) is 2.97. The van der Waals surface area contributed by atoms with Crippen LogP contribution in [0.5, 0.6) is 11.5 Å². The summed E-state index contributed by atoms with van der Waals surface area (Å²) in [4.78, 5) is 14.4. The van der Waals surface area contributed by atoms with Gasteiger partial charge in [-0.2, -0.15) is 0 Å². The van der Waals surface area contributed by atoms with E-state index in [2.05, 4.69) is 28.1 Å². The van der Waals surface area contributed by atoms with Crippen molar-refractivity contribution in [2.45, 2.75) is 13.0 Å². The molecule has 1 aliphatic heterocycles. The summed E-state index contributed by atoms with van der Waals surface area (Å²) in [6.07, 6.45) is 0.826. The topological polar surface area (TPSA) is 29.5 Å². The van der Waals surface area contributed by atoms with Gasteiger partial charge in [-0.25, -0.2) is 0 Å². The van der Waals surface area contributed by atoms with Gasteiger partial charge in [0.15, 0.2) is 0 Å². The zero-order valence-corrected chi connectivity index (χ0v) is 15.8. The van der Waals surface area contributed by atoms with Crippen LogP contribution in [0.3, 0.4) is 0 Å². The molecule has 0 aliphatic carbocycles. The number of carbonyl (C=O) groups is 1. The molecule has 1 amide bonds. The predicted molar refractivity (Wildman–Crippen MR) is 106 cm³/mol. The van der Waals surface area contributed by atoms with Gasteiger partial charge < -0.3 is 9.64 Å². The molecule has 3 aromatic rings. The van der Waals surface area contributed by atoms with Crippen molar-refractivity contribution >= 4 is 21.8 Å². The number of amides is 1. The Kier molecular flexibility index (Phi) is 4.76. The maximum Gasteiger partial charge on any atom is 0.254 e. The van der Waals surface area contributed by atoms with Gasteiger partial charge in [0.05, 0.1) is 0 Å². The van der Waals surface area contributed by atoms with Crippen LogP contribution >= 0.6 is 15.9 Å². The summed E-state index contributed by atoms with van der Waals surface area (Å²) in [6.45, 7) is 1.40. The summed E-state index contributed by atoms with van der Waals surface area (Å²) in [5.41, 5.74) is 3.10. The Hall–Kier alpha value is -2.59. The first-order chi connectivity index (χ1) is 12.7. The van der Waals surface area contributed by atoms with Crippen molar-refractivity contribution in [1.82, 2.24) is 4.90 Å². The number of carbonyl (C=O) groups excluding carboxylic acids is 1. The maximum atomic E-state index is 12.5. The third-order valence-electron chi connectivity index (χ3n) is 4.52. The lowest BCUT2D eigenvalue weighted by Gasteiger charge is -2.15. The molecule has 0 bridgehead atoms. The number of benzene rings is 3. The molecule has 0 spiro atoms. The molecule has 0 fully saturated rings. The van der Waals surface area contributed by atoms with Gasteiger partial charge in [-0.05, 0) is 60.0 Å². The van der Waals surface area contributed by atoms with E-state index >= 15 is 0 Å². The molecule has 4 heteroatoms. The second-order valence-corrected chi connectivity index (χ2v) is 7.25. The van der Waals surface area contributed by atoms with E-state index in [-0.39, 0.29) is 5.91 Å². The molecule has 4 rings (SSSR count). The van der Waals surface area contributed by atoms with Gasteiger partial charge in [-0.15, -0.1) is 0 Å². The summed E-state index contributed by atoms with van der Waals surface area (Å²) in [5, 5.41) is 0. The molecule has 3 aromatic carbocycles. The van der Waals surface area contributed by atoms with Crippen molar-refractivity contribution in [3.8, 4) is 11.5 Å². The molecule has 130 valence electrons. The second kappa shape index (κ2) is 7.34. The first-order valence-corrected chi connectivity index (χ1v) is 9.38. The van der Waals surface area contributed by atoms with E-state index in [1.54, 1.807) is 0 Å². The minimum atomic E-state index is 0.122. The monoisotopic (exact) mass is 407 g/mol. The van der Waals surface area contributed by atoms with Gasteiger partial charge in [0.1, 0.15) is 11.5 Å². The van der Waals surface area contributed by atoms with Crippen LogP contribution in [0.1, 0.15) is 21.5 Å². The molecule has 0 unspecified atom stereocenters. The first kappa shape index (κ1) is 16.9. The molecule has 0 radical (unpaired) electrons. The zero-order valence-electron chi connectivity index (χ0n) is 14.2. The summed E-state index contributed by atoms with van der Waals surface area (Å²) in [6, 6.07) is 23.6. The van der Waals surface area contributed by atoms with Crippen molar-refractivity contribution in [2.24, 2.45) is 0 Å². The molecule has 0 atom stereocenters. The lowest BCUT2D eigenvalue weighted by atomic mass is 10.1. The Morgan fingerprint density at radius 2 is 1.65 bits per heavy atom. The Balaban J connectivity index is 1.36. The van der Waals surface area contributed by atoms with E-state index in [1.807, 2.05) is 65.6 Å². The van der Waals surface area contributed by atoms with Gasteiger partial charge in [0, 0.05) is 23.1 Å². The fourth-order valence-electron chi connectivity index (χ4n) is 3.14. The van der Waals surface area contributed by atoms with Crippen LogP contribution in [0.25, 0.3) is 0 Å². The molecule has 0 saturated carbocycles. The van der Waals surface area contributed by atoms with Crippen molar-refractivity contribution in [3.63, 3.8) is 0 Å². The highest BCUT2D eigenvalue weighted by Crippen LogP contribution is 2.26. The smallest absolute Gasteiger partial charge is 0.254 e. The van der Waals surface area contributed by atoms with Crippen LogP contribution in [-0.4, -0.2) is 17.4 Å². The van der Waals surface area contributed by atoms with E-state index in [1.165, 1.54) is 5.56 Å². The van der Waals surface area contributed by atoms with Crippen molar-refractivity contribution in [3.05, 3.63) is 94.0 Å². The summed E-state index contributed by atoms with van der Waals surface area (Å²) < 4.78 is 6.83. The Labute approximate surface area is 161 Å². The molecule has 0 saturated heterocycles. The van der Waals surface area contributed by atoms with Gasteiger partial charge in [-0.3, -0.25) is 4.79 Å². The number of ether oxygens (including phenoxy) is 1. The van der Waals surface area contributed by atoms with Crippen LogP contribution in [0, 0.1) is 0 Å². The molecular formula is C22H18BrNO2.